The Morgan fingerprint density at radius 1 is 1.07 bits per heavy atom. The molecule has 2 aromatic rings. The summed E-state index contributed by atoms with van der Waals surface area (Å²) >= 11 is 0. The lowest BCUT2D eigenvalue weighted by molar-refractivity contribution is 0.0793. The summed E-state index contributed by atoms with van der Waals surface area (Å²) in [5, 5.41) is 2.69. The Kier molecular flexibility index (Phi) is 6.36. The van der Waals surface area contributed by atoms with Crippen LogP contribution in [0.4, 0.5) is 10.5 Å². The number of nitrogens with one attached hydrogen (secondary N) is 2. The van der Waals surface area contributed by atoms with E-state index >= 15 is 0 Å². The number of aryl methyl sites for hydroxylation is 2. The summed E-state index contributed by atoms with van der Waals surface area (Å²) in [6.45, 7) is 3.66. The molecule has 0 aromatic heterocycles. The van der Waals surface area contributed by atoms with Crippen molar-refractivity contribution in [1.82, 2.24) is 4.72 Å². The van der Waals surface area contributed by atoms with Gasteiger partial charge in [-0.25, -0.2) is 17.9 Å². The topological polar surface area (TPSA) is 84.5 Å². The van der Waals surface area contributed by atoms with Gasteiger partial charge in [0, 0.05) is 18.2 Å². The molecule has 1 aliphatic rings. The van der Waals surface area contributed by atoms with E-state index in [1.54, 1.807) is 25.1 Å². The van der Waals surface area contributed by atoms with Crippen molar-refractivity contribution in [3.8, 4) is 0 Å². The van der Waals surface area contributed by atoms with Gasteiger partial charge in [-0.3, -0.25) is 5.32 Å². The van der Waals surface area contributed by atoms with Crippen molar-refractivity contribution in [2.75, 3.05) is 5.32 Å². The van der Waals surface area contributed by atoms with Crippen LogP contribution in [0.15, 0.2) is 53.4 Å². The Labute approximate surface area is 166 Å². The first-order chi connectivity index (χ1) is 13.3. The number of para-hydroxylation sites is 1. The molecule has 2 atom stereocenters. The molecule has 0 saturated heterocycles. The SMILES string of the molecule is Cc1ccc(C)c(S(=O)(=O)N[C@H]2CCC[C@@H](OC(=O)Nc3ccccc3)C2)c1. The minimum atomic E-state index is -3.62. The number of benzene rings is 2. The second-order valence-electron chi connectivity index (χ2n) is 7.27. The Morgan fingerprint density at radius 2 is 1.82 bits per heavy atom. The highest BCUT2D eigenvalue weighted by Crippen LogP contribution is 2.24. The van der Waals surface area contributed by atoms with E-state index in [2.05, 4.69) is 10.0 Å². The second-order valence-corrected chi connectivity index (χ2v) is 8.95. The van der Waals surface area contributed by atoms with Crippen molar-refractivity contribution in [2.45, 2.75) is 56.6 Å². The molecule has 1 fully saturated rings. The highest BCUT2D eigenvalue weighted by molar-refractivity contribution is 7.89. The van der Waals surface area contributed by atoms with Crippen molar-refractivity contribution in [3.63, 3.8) is 0 Å². The molecule has 0 unspecified atom stereocenters. The number of rotatable bonds is 5. The monoisotopic (exact) mass is 402 g/mol. The first-order valence-electron chi connectivity index (χ1n) is 9.46. The predicted molar refractivity (Wildman–Crippen MR) is 109 cm³/mol. The van der Waals surface area contributed by atoms with Gasteiger partial charge in [0.2, 0.25) is 10.0 Å². The first kappa shape index (κ1) is 20.4. The van der Waals surface area contributed by atoms with E-state index in [9.17, 15) is 13.2 Å². The smallest absolute Gasteiger partial charge is 0.411 e. The second kappa shape index (κ2) is 8.75. The van der Waals surface area contributed by atoms with Crippen LogP contribution in [0, 0.1) is 13.8 Å². The third-order valence-electron chi connectivity index (χ3n) is 4.87. The zero-order valence-electron chi connectivity index (χ0n) is 16.1. The maximum absolute atomic E-state index is 12.8. The van der Waals surface area contributed by atoms with E-state index in [1.807, 2.05) is 37.3 Å². The molecule has 1 amide bonds. The fourth-order valence-corrected chi connectivity index (χ4v) is 5.07. The minimum Gasteiger partial charge on any atom is -0.446 e. The molecule has 0 radical (unpaired) electrons. The number of hydrogen-bond donors (Lipinski definition) is 2. The molecule has 3 rings (SSSR count). The summed E-state index contributed by atoms with van der Waals surface area (Å²) in [6.07, 6.45) is 1.88. The zero-order valence-corrected chi connectivity index (χ0v) is 17.0. The third kappa shape index (κ3) is 5.33. The fraction of sp³-hybridized carbons (Fsp3) is 0.381. The summed E-state index contributed by atoms with van der Waals surface area (Å²) in [7, 11) is -3.62. The number of carbonyl (C=O) groups excluding carboxylic acids is 1. The molecule has 1 saturated carbocycles. The predicted octanol–water partition coefficient (Wildman–Crippen LogP) is 4.14. The van der Waals surface area contributed by atoms with Crippen LogP contribution in [0.25, 0.3) is 0 Å². The minimum absolute atomic E-state index is 0.256. The van der Waals surface area contributed by atoms with Crippen LogP contribution < -0.4 is 10.0 Å². The van der Waals surface area contributed by atoms with Crippen LogP contribution in [-0.2, 0) is 14.8 Å². The van der Waals surface area contributed by atoms with Crippen molar-refractivity contribution in [3.05, 3.63) is 59.7 Å². The average molecular weight is 403 g/mol. The number of hydrogen-bond acceptors (Lipinski definition) is 4. The van der Waals surface area contributed by atoms with Crippen molar-refractivity contribution < 1.29 is 17.9 Å². The van der Waals surface area contributed by atoms with Gasteiger partial charge in [0.1, 0.15) is 6.10 Å². The van der Waals surface area contributed by atoms with Crippen molar-refractivity contribution in [1.29, 1.82) is 0 Å². The quantitative estimate of drug-likeness (QED) is 0.787. The van der Waals surface area contributed by atoms with Crippen LogP contribution in [0.2, 0.25) is 0 Å². The lowest BCUT2D eigenvalue weighted by Crippen LogP contribution is -2.41. The van der Waals surface area contributed by atoms with Gasteiger partial charge in [-0.15, -0.1) is 0 Å². The molecule has 1 aliphatic carbocycles. The summed E-state index contributed by atoms with van der Waals surface area (Å²) in [4.78, 5) is 12.4. The molecule has 0 spiro atoms. The molecule has 6 nitrogen and oxygen atoms in total. The van der Waals surface area contributed by atoms with E-state index in [1.165, 1.54) is 0 Å². The maximum atomic E-state index is 12.8. The molecule has 7 heteroatoms. The van der Waals surface area contributed by atoms with Gasteiger partial charge in [-0.2, -0.15) is 0 Å². The molecule has 2 aromatic carbocycles. The molecule has 0 aliphatic heterocycles. The molecular formula is C21H26N2O4S. The summed E-state index contributed by atoms with van der Waals surface area (Å²) < 4.78 is 33.9. The molecular weight excluding hydrogens is 376 g/mol. The molecule has 150 valence electrons. The van der Waals surface area contributed by atoms with Crippen LogP contribution in [-0.4, -0.2) is 26.7 Å². The van der Waals surface area contributed by atoms with E-state index in [0.717, 1.165) is 24.8 Å². The van der Waals surface area contributed by atoms with Gasteiger partial charge in [-0.1, -0.05) is 30.3 Å². The lowest BCUT2D eigenvalue weighted by atomic mass is 9.94. The molecule has 0 bridgehead atoms. The average Bonchev–Trinajstić information content (AvgIpc) is 2.64. The summed E-state index contributed by atoms with van der Waals surface area (Å²) in [6, 6.07) is 14.2. The van der Waals surface area contributed by atoms with Crippen LogP contribution >= 0.6 is 0 Å². The van der Waals surface area contributed by atoms with Crippen LogP contribution in [0.3, 0.4) is 0 Å². The van der Waals surface area contributed by atoms with Gasteiger partial charge >= 0.3 is 6.09 Å². The standard InChI is InChI=1S/C21H26N2O4S/c1-15-11-12-16(2)20(13-15)28(25,26)23-18-9-6-10-19(14-18)27-21(24)22-17-7-4-3-5-8-17/h3-5,7-8,11-13,18-19,23H,6,9-10,14H2,1-2H3,(H,22,24)/t18-,19+/m0/s1. The first-order valence-corrected chi connectivity index (χ1v) is 10.9. The Morgan fingerprint density at radius 3 is 2.57 bits per heavy atom. The van der Waals surface area contributed by atoms with E-state index in [4.69, 9.17) is 4.74 Å². The Hall–Kier alpha value is -2.38. The normalized spacial score (nSPS) is 19.8. The summed E-state index contributed by atoms with van der Waals surface area (Å²) in [5.41, 5.74) is 2.27. The highest BCUT2D eigenvalue weighted by atomic mass is 32.2. The number of sulfonamides is 1. The van der Waals surface area contributed by atoms with Gasteiger partial charge in [-0.05, 0) is 62.4 Å². The number of carbonyl (C=O) groups is 1. The largest absolute Gasteiger partial charge is 0.446 e. The van der Waals surface area contributed by atoms with Crippen LogP contribution in [0.5, 0.6) is 0 Å². The van der Waals surface area contributed by atoms with Crippen molar-refractivity contribution >= 4 is 21.8 Å². The van der Waals surface area contributed by atoms with Gasteiger partial charge in [0.25, 0.3) is 0 Å². The van der Waals surface area contributed by atoms with Gasteiger partial charge in [0.05, 0.1) is 4.90 Å². The maximum Gasteiger partial charge on any atom is 0.411 e. The van der Waals surface area contributed by atoms with E-state index in [-0.39, 0.29) is 12.1 Å². The number of anilines is 1. The number of ether oxygens (including phenoxy) is 1. The molecule has 28 heavy (non-hydrogen) atoms. The number of amides is 1. The highest BCUT2D eigenvalue weighted by Gasteiger charge is 2.29. The van der Waals surface area contributed by atoms with E-state index < -0.39 is 16.1 Å². The summed E-state index contributed by atoms with van der Waals surface area (Å²) in [5.74, 6) is 0. The fourth-order valence-electron chi connectivity index (χ4n) is 3.46. The third-order valence-corrected chi connectivity index (χ3v) is 6.54. The van der Waals surface area contributed by atoms with Crippen LogP contribution in [0.1, 0.15) is 36.8 Å². The molecule has 2 N–H and O–H groups in total. The lowest BCUT2D eigenvalue weighted by Gasteiger charge is -2.29. The van der Waals surface area contributed by atoms with E-state index in [0.29, 0.717) is 22.6 Å². The molecule has 0 heterocycles. The Bertz CT molecular complexity index is 929. The van der Waals surface area contributed by atoms with Gasteiger partial charge < -0.3 is 4.74 Å². The Balaban J connectivity index is 1.60. The van der Waals surface area contributed by atoms with Crippen molar-refractivity contribution in [2.24, 2.45) is 0 Å². The van der Waals surface area contributed by atoms with Gasteiger partial charge in [0.15, 0.2) is 0 Å². The zero-order chi connectivity index (χ0) is 20.1.